The van der Waals surface area contributed by atoms with Gasteiger partial charge in [0.2, 0.25) is 6.29 Å². The van der Waals surface area contributed by atoms with E-state index in [4.69, 9.17) is 14.2 Å². The van der Waals surface area contributed by atoms with Crippen molar-refractivity contribution in [3.05, 3.63) is 11.8 Å². The normalized spacial score (nSPS) is 46.9. The van der Waals surface area contributed by atoms with Crippen molar-refractivity contribution in [3.8, 4) is 0 Å². The molecule has 9 atom stereocenters. The van der Waals surface area contributed by atoms with Crippen molar-refractivity contribution in [2.24, 2.45) is 17.8 Å². The van der Waals surface area contributed by atoms with E-state index in [9.17, 15) is 30.3 Å². The minimum Gasteiger partial charge on any atom is -0.478 e. The monoisotopic (exact) mass is 360 g/mol. The quantitative estimate of drug-likeness (QED) is 0.417. The van der Waals surface area contributed by atoms with Crippen LogP contribution in [-0.2, 0) is 19.0 Å². The molecule has 0 radical (unpaired) electrons. The average molecular weight is 360 g/mol. The Bertz CT molecular complexity index is 534. The van der Waals surface area contributed by atoms with Crippen LogP contribution in [0.2, 0.25) is 0 Å². The highest BCUT2D eigenvalue weighted by atomic mass is 16.8. The second-order valence-electron chi connectivity index (χ2n) is 6.95. The Morgan fingerprint density at radius 1 is 1.20 bits per heavy atom. The van der Waals surface area contributed by atoms with Crippen LogP contribution in [0.5, 0.6) is 0 Å². The van der Waals surface area contributed by atoms with Crippen molar-refractivity contribution in [1.82, 2.24) is 0 Å². The van der Waals surface area contributed by atoms with Crippen molar-refractivity contribution >= 4 is 5.97 Å². The second kappa shape index (κ2) is 7.18. The van der Waals surface area contributed by atoms with Crippen molar-refractivity contribution in [2.75, 3.05) is 6.61 Å². The second-order valence-corrected chi connectivity index (χ2v) is 6.95. The first-order chi connectivity index (χ1) is 11.8. The van der Waals surface area contributed by atoms with E-state index in [-0.39, 0.29) is 23.3 Å². The summed E-state index contributed by atoms with van der Waals surface area (Å²) in [6.07, 6.45) is -5.10. The molecule has 2 aliphatic heterocycles. The summed E-state index contributed by atoms with van der Waals surface area (Å²) in [6.45, 7) is 1.42. The van der Waals surface area contributed by atoms with Gasteiger partial charge >= 0.3 is 5.97 Å². The number of hydrogen-bond donors (Lipinski definition) is 5. The minimum absolute atomic E-state index is 0.142. The fourth-order valence-electron chi connectivity index (χ4n) is 4.01. The van der Waals surface area contributed by atoms with Crippen LogP contribution in [0.1, 0.15) is 19.8 Å². The third kappa shape index (κ3) is 3.27. The summed E-state index contributed by atoms with van der Waals surface area (Å²) in [5, 5.41) is 48.3. The molecule has 5 N–H and O–H groups in total. The maximum absolute atomic E-state index is 11.4. The van der Waals surface area contributed by atoms with Gasteiger partial charge in [0.15, 0.2) is 6.29 Å². The molecule has 0 aromatic heterocycles. The molecule has 1 aliphatic carbocycles. The molecule has 25 heavy (non-hydrogen) atoms. The van der Waals surface area contributed by atoms with Crippen LogP contribution in [0.4, 0.5) is 0 Å². The van der Waals surface area contributed by atoms with E-state index in [1.165, 1.54) is 0 Å². The number of aliphatic hydroxyl groups is 4. The average Bonchev–Trinajstić information content (AvgIpc) is 2.97. The maximum Gasteiger partial charge on any atom is 0.334 e. The Balaban J connectivity index is 1.77. The summed E-state index contributed by atoms with van der Waals surface area (Å²) in [5.41, 5.74) is 0.197. The number of ether oxygens (including phenoxy) is 3. The van der Waals surface area contributed by atoms with Crippen LogP contribution in [0.25, 0.3) is 0 Å². The molecule has 9 nitrogen and oxygen atoms in total. The SMILES string of the molecule is C[C@@H]1CC[C@H]2C(C(=O)O)=CO[C@H](O[C@@H]3O[C@H](CO)[C@@H](O)[C@H](O)[C@H]3O)[C@H]12. The lowest BCUT2D eigenvalue weighted by Crippen LogP contribution is -2.60. The number of fused-ring (bicyclic) bond motifs is 1. The molecule has 1 saturated carbocycles. The molecular weight excluding hydrogens is 336 g/mol. The molecule has 0 bridgehead atoms. The Morgan fingerprint density at radius 3 is 2.56 bits per heavy atom. The van der Waals surface area contributed by atoms with Crippen molar-refractivity contribution in [1.29, 1.82) is 0 Å². The van der Waals surface area contributed by atoms with Gasteiger partial charge in [0.25, 0.3) is 0 Å². The van der Waals surface area contributed by atoms with E-state index in [0.717, 1.165) is 12.7 Å². The molecule has 0 amide bonds. The highest BCUT2D eigenvalue weighted by Crippen LogP contribution is 2.47. The molecular formula is C16H24O9. The van der Waals surface area contributed by atoms with E-state index >= 15 is 0 Å². The summed E-state index contributed by atoms with van der Waals surface area (Å²) >= 11 is 0. The lowest BCUT2D eigenvalue weighted by Gasteiger charge is -2.43. The topological polar surface area (TPSA) is 146 Å². The number of hydrogen-bond acceptors (Lipinski definition) is 8. The molecule has 0 unspecified atom stereocenters. The van der Waals surface area contributed by atoms with Gasteiger partial charge in [0.1, 0.15) is 24.4 Å². The maximum atomic E-state index is 11.4. The van der Waals surface area contributed by atoms with Crippen LogP contribution in [0.15, 0.2) is 11.8 Å². The van der Waals surface area contributed by atoms with Crippen LogP contribution in [0, 0.1) is 17.8 Å². The summed E-state index contributed by atoms with van der Waals surface area (Å²) in [5.74, 6) is -1.35. The van der Waals surface area contributed by atoms with Gasteiger partial charge in [0.05, 0.1) is 18.4 Å². The van der Waals surface area contributed by atoms with Gasteiger partial charge in [-0.25, -0.2) is 4.79 Å². The van der Waals surface area contributed by atoms with E-state index in [0.29, 0.717) is 6.42 Å². The number of aliphatic carboxylic acids is 1. The summed E-state index contributed by atoms with van der Waals surface area (Å²) in [4.78, 5) is 11.4. The van der Waals surface area contributed by atoms with E-state index in [1.807, 2.05) is 6.92 Å². The highest BCUT2D eigenvalue weighted by Gasteiger charge is 2.50. The van der Waals surface area contributed by atoms with Crippen LogP contribution < -0.4 is 0 Å². The summed E-state index contributed by atoms with van der Waals surface area (Å²) in [7, 11) is 0. The Hall–Kier alpha value is -1.23. The number of carbonyl (C=O) groups is 1. The smallest absolute Gasteiger partial charge is 0.334 e. The van der Waals surface area contributed by atoms with Gasteiger partial charge in [-0.2, -0.15) is 0 Å². The zero-order chi connectivity index (χ0) is 18.3. The van der Waals surface area contributed by atoms with Crippen molar-refractivity contribution in [3.63, 3.8) is 0 Å². The zero-order valence-corrected chi connectivity index (χ0v) is 13.8. The standard InChI is InChI=1S/C16H24O9/c1-6-2-3-7-8(14(21)22)5-23-15(10(6)7)25-16-13(20)12(19)11(18)9(4-17)24-16/h5-7,9-13,15-20H,2-4H2,1H3,(H,21,22)/t6-,7+,9-,10-,11-,12+,13-,15-,16+/m1/s1. The number of aliphatic hydroxyl groups excluding tert-OH is 4. The predicted octanol–water partition coefficient (Wildman–Crippen LogP) is -1.21. The first-order valence-electron chi connectivity index (χ1n) is 8.40. The van der Waals surface area contributed by atoms with Gasteiger partial charge in [-0.1, -0.05) is 6.92 Å². The number of carboxylic acids is 1. The molecule has 142 valence electrons. The third-order valence-electron chi connectivity index (χ3n) is 5.46. The van der Waals surface area contributed by atoms with Gasteiger partial charge < -0.3 is 39.7 Å². The zero-order valence-electron chi connectivity index (χ0n) is 13.8. The first kappa shape index (κ1) is 18.6. The van der Waals surface area contributed by atoms with Gasteiger partial charge in [-0.15, -0.1) is 0 Å². The summed E-state index contributed by atoms with van der Waals surface area (Å²) in [6, 6.07) is 0. The van der Waals surface area contributed by atoms with Gasteiger partial charge in [-0.3, -0.25) is 0 Å². The first-order valence-corrected chi connectivity index (χ1v) is 8.40. The lowest BCUT2D eigenvalue weighted by atomic mass is 9.83. The fraction of sp³-hybridized carbons (Fsp3) is 0.812. The number of rotatable bonds is 4. The van der Waals surface area contributed by atoms with Gasteiger partial charge in [-0.05, 0) is 18.8 Å². The number of carboxylic acid groups (broad SMARTS) is 1. The Kier molecular flexibility index (Phi) is 5.33. The molecule has 9 heteroatoms. The molecule has 0 spiro atoms. The molecule has 3 aliphatic rings. The minimum atomic E-state index is -1.54. The molecule has 0 aromatic rings. The predicted molar refractivity (Wildman–Crippen MR) is 80.8 cm³/mol. The molecule has 3 rings (SSSR count). The Labute approximate surface area is 144 Å². The molecule has 2 fully saturated rings. The van der Waals surface area contributed by atoms with Gasteiger partial charge in [0, 0.05) is 11.8 Å². The van der Waals surface area contributed by atoms with E-state index in [1.54, 1.807) is 0 Å². The third-order valence-corrected chi connectivity index (χ3v) is 5.46. The van der Waals surface area contributed by atoms with Crippen LogP contribution in [0.3, 0.4) is 0 Å². The van der Waals surface area contributed by atoms with Crippen molar-refractivity contribution < 1.29 is 44.5 Å². The lowest BCUT2D eigenvalue weighted by molar-refractivity contribution is -0.342. The fourth-order valence-corrected chi connectivity index (χ4v) is 4.01. The largest absolute Gasteiger partial charge is 0.478 e. The molecule has 1 saturated heterocycles. The van der Waals surface area contributed by atoms with E-state index < -0.39 is 49.6 Å². The highest BCUT2D eigenvalue weighted by molar-refractivity contribution is 5.87. The van der Waals surface area contributed by atoms with Crippen molar-refractivity contribution in [2.45, 2.75) is 56.8 Å². The van der Waals surface area contributed by atoms with Crippen LogP contribution in [-0.4, -0.2) is 75.1 Å². The van der Waals surface area contributed by atoms with Crippen LogP contribution >= 0.6 is 0 Å². The summed E-state index contributed by atoms with van der Waals surface area (Å²) < 4.78 is 16.5. The Morgan fingerprint density at radius 2 is 1.92 bits per heavy atom. The molecule has 2 heterocycles. The van der Waals surface area contributed by atoms with E-state index in [2.05, 4.69) is 0 Å². The molecule has 0 aromatic carbocycles.